The predicted octanol–water partition coefficient (Wildman–Crippen LogP) is 4.32. The molecule has 0 bridgehead atoms. The van der Waals surface area contributed by atoms with Crippen LogP contribution in [0.5, 0.6) is 11.5 Å². The third kappa shape index (κ3) is 3.77. The van der Waals surface area contributed by atoms with E-state index in [0.717, 1.165) is 39.6 Å². The Labute approximate surface area is 179 Å². The van der Waals surface area contributed by atoms with E-state index in [2.05, 4.69) is 10.3 Å². The van der Waals surface area contributed by atoms with Gasteiger partial charge in [-0.05, 0) is 60.7 Å². The Balaban J connectivity index is 1.37. The summed E-state index contributed by atoms with van der Waals surface area (Å²) < 4.78 is 11.3. The van der Waals surface area contributed by atoms with Crippen LogP contribution in [0, 0.1) is 0 Å². The van der Waals surface area contributed by atoms with E-state index in [9.17, 15) is 4.79 Å². The van der Waals surface area contributed by atoms with E-state index in [0.29, 0.717) is 24.5 Å². The van der Waals surface area contributed by atoms with Crippen molar-refractivity contribution < 1.29 is 14.3 Å². The number of ether oxygens (including phenoxy) is 2. The van der Waals surface area contributed by atoms with Crippen molar-refractivity contribution in [2.45, 2.75) is 0 Å². The Morgan fingerprint density at radius 3 is 2.52 bits per heavy atom. The molecule has 4 aromatic rings. The molecular formula is C24H22N4O3. The van der Waals surface area contributed by atoms with Gasteiger partial charge in [-0.25, -0.2) is 4.98 Å². The number of carbonyl (C=O) groups is 1. The van der Waals surface area contributed by atoms with Gasteiger partial charge in [0.15, 0.2) is 11.5 Å². The molecule has 0 unspecified atom stereocenters. The lowest BCUT2D eigenvalue weighted by molar-refractivity contribution is 0.102. The first-order valence-electron chi connectivity index (χ1n) is 10.1. The van der Waals surface area contributed by atoms with Crippen LogP contribution in [0.2, 0.25) is 0 Å². The second-order valence-electron chi connectivity index (χ2n) is 7.57. The number of H-pyrrole nitrogens is 1. The fourth-order valence-corrected chi connectivity index (χ4v) is 3.53. The number of nitrogens with zero attached hydrogens (tertiary/aromatic N) is 2. The molecule has 1 aliphatic heterocycles. The fraction of sp³-hybridized carbons (Fsp3) is 0.167. The van der Waals surface area contributed by atoms with Gasteiger partial charge in [0.05, 0.1) is 11.0 Å². The number of amides is 1. The van der Waals surface area contributed by atoms with Crippen molar-refractivity contribution in [1.82, 2.24) is 9.97 Å². The molecule has 0 atom stereocenters. The van der Waals surface area contributed by atoms with Crippen molar-refractivity contribution in [3.8, 4) is 22.9 Å². The average Bonchev–Trinajstić information content (AvgIpc) is 3.22. The Morgan fingerprint density at radius 2 is 1.74 bits per heavy atom. The molecule has 7 nitrogen and oxygen atoms in total. The number of rotatable bonds is 4. The summed E-state index contributed by atoms with van der Waals surface area (Å²) in [5, 5.41) is 2.95. The highest BCUT2D eigenvalue weighted by molar-refractivity contribution is 6.05. The lowest BCUT2D eigenvalue weighted by Gasteiger charge is -2.18. The standard InChI is InChI=1S/C24H22N4O3/c1-28(2)18-7-3-15(4-8-18)24(29)25-17-6-9-19-20(14-17)27-23(26-19)16-5-10-21-22(13-16)31-12-11-30-21/h3-10,13-14H,11-12H2,1-2H3,(H,25,29)(H,26,27). The zero-order valence-electron chi connectivity index (χ0n) is 17.3. The first kappa shape index (κ1) is 19.0. The molecule has 1 amide bonds. The summed E-state index contributed by atoms with van der Waals surface area (Å²) in [6, 6.07) is 18.9. The SMILES string of the molecule is CN(C)c1ccc(C(=O)Nc2ccc3[nH]c(-c4ccc5c(c4)OCCO5)nc3c2)cc1. The topological polar surface area (TPSA) is 79.5 Å². The quantitative estimate of drug-likeness (QED) is 0.520. The molecule has 3 aromatic carbocycles. The van der Waals surface area contributed by atoms with Crippen LogP contribution in [-0.2, 0) is 0 Å². The number of hydrogen-bond donors (Lipinski definition) is 2. The number of carbonyl (C=O) groups excluding carboxylic acids is 1. The molecule has 1 aromatic heterocycles. The van der Waals surface area contributed by atoms with E-state index < -0.39 is 0 Å². The molecule has 0 fully saturated rings. The molecule has 0 radical (unpaired) electrons. The second-order valence-corrected chi connectivity index (χ2v) is 7.57. The van der Waals surface area contributed by atoms with Crippen LogP contribution in [0.25, 0.3) is 22.4 Å². The Bertz CT molecular complexity index is 1260. The summed E-state index contributed by atoms with van der Waals surface area (Å²) >= 11 is 0. The van der Waals surface area contributed by atoms with E-state index in [1.807, 2.05) is 79.7 Å². The zero-order chi connectivity index (χ0) is 21.4. The van der Waals surface area contributed by atoms with Crippen molar-refractivity contribution in [2.24, 2.45) is 0 Å². The Kier molecular flexibility index (Phi) is 4.71. The van der Waals surface area contributed by atoms with Crippen LogP contribution in [0.3, 0.4) is 0 Å². The summed E-state index contributed by atoms with van der Waals surface area (Å²) in [5.41, 5.74) is 4.90. The van der Waals surface area contributed by atoms with Crippen molar-refractivity contribution in [3.05, 3.63) is 66.2 Å². The molecule has 7 heteroatoms. The van der Waals surface area contributed by atoms with Gasteiger partial charge in [0.25, 0.3) is 5.91 Å². The summed E-state index contributed by atoms with van der Waals surface area (Å²) in [6.45, 7) is 1.10. The van der Waals surface area contributed by atoms with Gasteiger partial charge in [0, 0.05) is 36.6 Å². The van der Waals surface area contributed by atoms with Crippen molar-refractivity contribution in [2.75, 3.05) is 37.5 Å². The minimum absolute atomic E-state index is 0.160. The molecule has 0 saturated carbocycles. The first-order valence-corrected chi connectivity index (χ1v) is 10.1. The third-order valence-electron chi connectivity index (χ3n) is 5.20. The summed E-state index contributed by atoms with van der Waals surface area (Å²) in [7, 11) is 3.93. The number of nitrogens with one attached hydrogen (secondary N) is 2. The molecule has 156 valence electrons. The average molecular weight is 414 g/mol. The predicted molar refractivity (Wildman–Crippen MR) is 121 cm³/mol. The summed E-state index contributed by atoms with van der Waals surface area (Å²) in [6.07, 6.45) is 0. The Hall–Kier alpha value is -4.00. The lowest BCUT2D eigenvalue weighted by Crippen LogP contribution is -2.15. The minimum atomic E-state index is -0.160. The maximum absolute atomic E-state index is 12.6. The number of fused-ring (bicyclic) bond motifs is 2. The molecule has 2 N–H and O–H groups in total. The molecule has 1 aliphatic rings. The van der Waals surface area contributed by atoms with Crippen molar-refractivity contribution >= 4 is 28.3 Å². The van der Waals surface area contributed by atoms with E-state index >= 15 is 0 Å². The van der Waals surface area contributed by atoms with E-state index in [1.54, 1.807) is 0 Å². The smallest absolute Gasteiger partial charge is 0.255 e. The maximum Gasteiger partial charge on any atom is 0.255 e. The number of benzene rings is 3. The van der Waals surface area contributed by atoms with Crippen molar-refractivity contribution in [3.63, 3.8) is 0 Å². The monoisotopic (exact) mass is 414 g/mol. The third-order valence-corrected chi connectivity index (χ3v) is 5.20. The van der Waals surface area contributed by atoms with Gasteiger partial charge >= 0.3 is 0 Å². The maximum atomic E-state index is 12.6. The minimum Gasteiger partial charge on any atom is -0.486 e. The van der Waals surface area contributed by atoms with Crippen LogP contribution in [0.15, 0.2) is 60.7 Å². The fourth-order valence-electron chi connectivity index (χ4n) is 3.53. The first-order chi connectivity index (χ1) is 15.1. The molecule has 0 spiro atoms. The molecule has 0 aliphatic carbocycles. The van der Waals surface area contributed by atoms with Crippen LogP contribution in [-0.4, -0.2) is 43.2 Å². The molecule has 2 heterocycles. The van der Waals surface area contributed by atoms with Crippen molar-refractivity contribution in [1.29, 1.82) is 0 Å². The highest BCUT2D eigenvalue weighted by Gasteiger charge is 2.15. The largest absolute Gasteiger partial charge is 0.486 e. The van der Waals surface area contributed by atoms with E-state index in [1.165, 1.54) is 0 Å². The van der Waals surface area contributed by atoms with Crippen LogP contribution < -0.4 is 19.7 Å². The summed E-state index contributed by atoms with van der Waals surface area (Å²) in [4.78, 5) is 22.6. The Morgan fingerprint density at radius 1 is 0.968 bits per heavy atom. The van der Waals surface area contributed by atoms with Crippen LogP contribution >= 0.6 is 0 Å². The molecule has 31 heavy (non-hydrogen) atoms. The van der Waals surface area contributed by atoms with Gasteiger partial charge in [-0.15, -0.1) is 0 Å². The zero-order valence-corrected chi connectivity index (χ0v) is 17.3. The van der Waals surface area contributed by atoms with Crippen LogP contribution in [0.1, 0.15) is 10.4 Å². The highest BCUT2D eigenvalue weighted by Crippen LogP contribution is 2.34. The molecule has 0 saturated heterocycles. The van der Waals surface area contributed by atoms with Crippen LogP contribution in [0.4, 0.5) is 11.4 Å². The number of hydrogen-bond acceptors (Lipinski definition) is 5. The molecular weight excluding hydrogens is 392 g/mol. The summed E-state index contributed by atoms with van der Waals surface area (Å²) in [5.74, 6) is 2.04. The molecule has 5 rings (SSSR count). The van der Waals surface area contributed by atoms with Gasteiger partial charge in [-0.1, -0.05) is 0 Å². The lowest BCUT2D eigenvalue weighted by atomic mass is 10.2. The van der Waals surface area contributed by atoms with E-state index in [-0.39, 0.29) is 5.91 Å². The number of aromatic amines is 1. The van der Waals surface area contributed by atoms with Gasteiger partial charge in [0.2, 0.25) is 0 Å². The number of imidazole rings is 1. The number of aromatic nitrogens is 2. The highest BCUT2D eigenvalue weighted by atomic mass is 16.6. The normalized spacial score (nSPS) is 12.6. The van der Waals surface area contributed by atoms with E-state index in [4.69, 9.17) is 14.5 Å². The van der Waals surface area contributed by atoms with Gasteiger partial charge < -0.3 is 24.7 Å². The van der Waals surface area contributed by atoms with Gasteiger partial charge in [-0.2, -0.15) is 0 Å². The number of anilines is 2. The van der Waals surface area contributed by atoms with Gasteiger partial charge in [-0.3, -0.25) is 4.79 Å². The second kappa shape index (κ2) is 7.68. The van der Waals surface area contributed by atoms with Gasteiger partial charge in [0.1, 0.15) is 19.0 Å².